The summed E-state index contributed by atoms with van der Waals surface area (Å²) in [7, 11) is 1.75. The van der Waals surface area contributed by atoms with E-state index < -0.39 is 0 Å². The van der Waals surface area contributed by atoms with Gasteiger partial charge in [0.2, 0.25) is 0 Å². The van der Waals surface area contributed by atoms with Gasteiger partial charge in [-0.25, -0.2) is 0 Å². The second kappa shape index (κ2) is 6.24. The van der Waals surface area contributed by atoms with Gasteiger partial charge in [-0.2, -0.15) is 0 Å². The minimum atomic E-state index is 0.360. The molecule has 100 valence electrons. The minimum absolute atomic E-state index is 0.360. The van der Waals surface area contributed by atoms with Gasteiger partial charge in [0.25, 0.3) is 0 Å². The van der Waals surface area contributed by atoms with E-state index in [-0.39, 0.29) is 0 Å². The first kappa shape index (κ1) is 13.4. The number of ether oxygens (including phenoxy) is 1. The predicted octanol–water partition coefficient (Wildman–Crippen LogP) is 3.92. The Balaban J connectivity index is 2.05. The lowest BCUT2D eigenvalue weighted by atomic mass is 9.98. The fourth-order valence-corrected chi connectivity index (χ4v) is 3.18. The summed E-state index contributed by atoms with van der Waals surface area (Å²) in [5.41, 5.74) is 1.27. The van der Waals surface area contributed by atoms with Gasteiger partial charge in [-0.1, -0.05) is 38.0 Å². The molecule has 1 aromatic carbocycles. The van der Waals surface area contributed by atoms with Crippen molar-refractivity contribution in [2.24, 2.45) is 5.92 Å². The highest BCUT2D eigenvalue weighted by molar-refractivity contribution is 5.35. The highest BCUT2D eigenvalue weighted by Crippen LogP contribution is 2.31. The summed E-state index contributed by atoms with van der Waals surface area (Å²) >= 11 is 0. The summed E-state index contributed by atoms with van der Waals surface area (Å²) in [6.45, 7) is 4.54. The zero-order valence-electron chi connectivity index (χ0n) is 11.8. The molecular weight excluding hydrogens is 222 g/mol. The fraction of sp³-hybridized carbons (Fsp3) is 0.625. The third kappa shape index (κ3) is 2.86. The molecule has 1 aromatic rings. The van der Waals surface area contributed by atoms with Gasteiger partial charge in [0.15, 0.2) is 0 Å². The van der Waals surface area contributed by atoms with E-state index in [4.69, 9.17) is 4.74 Å². The molecule has 0 saturated heterocycles. The standard InChI is InChI=1S/C16H25NO/c1-4-13-8-7-10-15(13)17-12(2)14-9-5-6-11-16(14)18-3/h5-6,9,11-13,15,17H,4,7-8,10H2,1-3H3/t12-,13?,15?/m0/s1. The number of hydrogen-bond acceptors (Lipinski definition) is 2. The van der Waals surface area contributed by atoms with Gasteiger partial charge in [-0.05, 0) is 31.7 Å². The van der Waals surface area contributed by atoms with E-state index in [2.05, 4.69) is 31.3 Å². The Kier molecular flexibility index (Phi) is 4.65. The lowest BCUT2D eigenvalue weighted by Crippen LogP contribution is -2.34. The monoisotopic (exact) mass is 247 g/mol. The SMILES string of the molecule is CCC1CCCC1N[C@@H](C)c1ccccc1OC. The van der Waals surface area contributed by atoms with Crippen molar-refractivity contribution in [3.8, 4) is 5.75 Å². The molecule has 0 bridgehead atoms. The Morgan fingerprint density at radius 1 is 1.33 bits per heavy atom. The largest absolute Gasteiger partial charge is 0.496 e. The molecular formula is C16H25NO. The number of hydrogen-bond donors (Lipinski definition) is 1. The number of rotatable bonds is 5. The Morgan fingerprint density at radius 3 is 2.83 bits per heavy atom. The van der Waals surface area contributed by atoms with Gasteiger partial charge in [0.05, 0.1) is 7.11 Å². The minimum Gasteiger partial charge on any atom is -0.496 e. The summed E-state index contributed by atoms with van der Waals surface area (Å²) in [6, 6.07) is 9.35. The Hall–Kier alpha value is -1.02. The lowest BCUT2D eigenvalue weighted by Gasteiger charge is -2.25. The average molecular weight is 247 g/mol. The van der Waals surface area contributed by atoms with Crippen LogP contribution < -0.4 is 10.1 Å². The molecule has 0 radical (unpaired) electrons. The summed E-state index contributed by atoms with van der Waals surface area (Å²) < 4.78 is 5.44. The molecule has 2 rings (SSSR count). The normalized spacial score (nSPS) is 25.1. The molecule has 1 aliphatic carbocycles. The van der Waals surface area contributed by atoms with E-state index in [0.29, 0.717) is 12.1 Å². The molecule has 3 atom stereocenters. The maximum atomic E-state index is 5.44. The molecule has 18 heavy (non-hydrogen) atoms. The maximum absolute atomic E-state index is 5.44. The third-order valence-corrected chi connectivity index (χ3v) is 4.25. The molecule has 0 aromatic heterocycles. The van der Waals surface area contributed by atoms with Crippen molar-refractivity contribution in [3.05, 3.63) is 29.8 Å². The van der Waals surface area contributed by atoms with Gasteiger partial charge < -0.3 is 10.1 Å². The fourth-order valence-electron chi connectivity index (χ4n) is 3.18. The zero-order valence-corrected chi connectivity index (χ0v) is 11.8. The zero-order chi connectivity index (χ0) is 13.0. The quantitative estimate of drug-likeness (QED) is 0.851. The highest BCUT2D eigenvalue weighted by atomic mass is 16.5. The second-order valence-corrected chi connectivity index (χ2v) is 5.34. The van der Waals surface area contributed by atoms with E-state index in [1.165, 1.54) is 31.2 Å². The Morgan fingerprint density at radius 2 is 2.11 bits per heavy atom. The molecule has 1 fully saturated rings. The van der Waals surface area contributed by atoms with E-state index >= 15 is 0 Å². The van der Waals surface area contributed by atoms with Gasteiger partial charge in [0.1, 0.15) is 5.75 Å². The van der Waals surface area contributed by atoms with Crippen molar-refractivity contribution in [2.45, 2.75) is 51.6 Å². The molecule has 1 aliphatic rings. The average Bonchev–Trinajstić information content (AvgIpc) is 2.85. The van der Waals surface area contributed by atoms with Crippen LogP contribution in [0.2, 0.25) is 0 Å². The van der Waals surface area contributed by atoms with Crippen molar-refractivity contribution in [1.29, 1.82) is 0 Å². The van der Waals surface area contributed by atoms with Gasteiger partial charge in [-0.15, -0.1) is 0 Å². The highest BCUT2D eigenvalue weighted by Gasteiger charge is 2.27. The number of para-hydroxylation sites is 1. The first-order valence-electron chi connectivity index (χ1n) is 7.15. The molecule has 1 saturated carbocycles. The van der Waals surface area contributed by atoms with E-state index in [9.17, 15) is 0 Å². The third-order valence-electron chi connectivity index (χ3n) is 4.25. The topological polar surface area (TPSA) is 21.3 Å². The molecule has 2 heteroatoms. The smallest absolute Gasteiger partial charge is 0.123 e. The summed E-state index contributed by atoms with van der Waals surface area (Å²) in [6.07, 6.45) is 5.36. The first-order chi connectivity index (χ1) is 8.76. The van der Waals surface area contributed by atoms with Gasteiger partial charge in [-0.3, -0.25) is 0 Å². The van der Waals surface area contributed by atoms with Crippen LogP contribution >= 0.6 is 0 Å². The van der Waals surface area contributed by atoms with Crippen molar-refractivity contribution < 1.29 is 4.74 Å². The van der Waals surface area contributed by atoms with Crippen LogP contribution in [0.1, 0.15) is 51.1 Å². The van der Waals surface area contributed by atoms with E-state index in [1.807, 2.05) is 12.1 Å². The molecule has 0 spiro atoms. The molecule has 0 amide bonds. The maximum Gasteiger partial charge on any atom is 0.123 e. The van der Waals surface area contributed by atoms with E-state index in [0.717, 1.165) is 11.7 Å². The Bertz CT molecular complexity index is 377. The second-order valence-electron chi connectivity index (χ2n) is 5.34. The number of benzene rings is 1. The molecule has 0 heterocycles. The molecule has 0 aliphatic heterocycles. The van der Waals surface area contributed by atoms with Crippen molar-refractivity contribution in [3.63, 3.8) is 0 Å². The van der Waals surface area contributed by atoms with Crippen molar-refractivity contribution >= 4 is 0 Å². The van der Waals surface area contributed by atoms with Crippen LogP contribution in [-0.2, 0) is 0 Å². The van der Waals surface area contributed by atoms with Crippen LogP contribution in [-0.4, -0.2) is 13.2 Å². The van der Waals surface area contributed by atoms with Crippen LogP contribution in [0.5, 0.6) is 5.75 Å². The Labute approximate surface area is 111 Å². The lowest BCUT2D eigenvalue weighted by molar-refractivity contribution is 0.350. The van der Waals surface area contributed by atoms with Crippen LogP contribution in [0.4, 0.5) is 0 Å². The van der Waals surface area contributed by atoms with Crippen LogP contribution in [0.15, 0.2) is 24.3 Å². The number of nitrogens with one attached hydrogen (secondary N) is 1. The molecule has 2 unspecified atom stereocenters. The first-order valence-corrected chi connectivity index (χ1v) is 7.15. The summed E-state index contributed by atoms with van der Waals surface area (Å²) in [5.74, 6) is 1.84. The molecule has 1 N–H and O–H groups in total. The summed E-state index contributed by atoms with van der Waals surface area (Å²) in [5, 5.41) is 3.79. The molecule has 2 nitrogen and oxygen atoms in total. The van der Waals surface area contributed by atoms with Gasteiger partial charge >= 0.3 is 0 Å². The van der Waals surface area contributed by atoms with Crippen LogP contribution in [0, 0.1) is 5.92 Å². The predicted molar refractivity (Wildman–Crippen MR) is 76.0 cm³/mol. The van der Waals surface area contributed by atoms with Gasteiger partial charge in [0, 0.05) is 17.6 Å². The van der Waals surface area contributed by atoms with Crippen molar-refractivity contribution in [1.82, 2.24) is 5.32 Å². The van der Waals surface area contributed by atoms with Crippen molar-refractivity contribution in [2.75, 3.05) is 7.11 Å². The van der Waals surface area contributed by atoms with Crippen LogP contribution in [0.25, 0.3) is 0 Å². The van der Waals surface area contributed by atoms with E-state index in [1.54, 1.807) is 7.11 Å². The number of methoxy groups -OCH3 is 1. The summed E-state index contributed by atoms with van der Waals surface area (Å²) in [4.78, 5) is 0. The van der Waals surface area contributed by atoms with Crippen LogP contribution in [0.3, 0.4) is 0 Å².